The smallest absolute Gasteiger partial charge is 0.238 e. The molecule has 2 amide bonds. The third kappa shape index (κ3) is 3.93. The van der Waals surface area contributed by atoms with Crippen LogP contribution in [0.5, 0.6) is 0 Å². The highest BCUT2D eigenvalue weighted by Crippen LogP contribution is 2.33. The molecule has 148 valence electrons. The number of aromatic nitrogens is 1. The molecular formula is C23H23N3O2S. The molecule has 0 spiro atoms. The lowest BCUT2D eigenvalue weighted by molar-refractivity contribution is -0.123. The number of thiazole rings is 1. The van der Waals surface area contributed by atoms with E-state index in [9.17, 15) is 9.59 Å². The van der Waals surface area contributed by atoms with Crippen LogP contribution in [0.25, 0.3) is 0 Å². The van der Waals surface area contributed by atoms with Crippen molar-refractivity contribution in [3.8, 4) is 0 Å². The highest BCUT2D eigenvalue weighted by atomic mass is 32.1. The second-order valence-electron chi connectivity index (χ2n) is 7.21. The van der Waals surface area contributed by atoms with E-state index in [4.69, 9.17) is 0 Å². The van der Waals surface area contributed by atoms with Gasteiger partial charge in [-0.15, -0.1) is 11.3 Å². The summed E-state index contributed by atoms with van der Waals surface area (Å²) in [6, 6.07) is 17.5. The van der Waals surface area contributed by atoms with E-state index in [0.717, 1.165) is 23.5 Å². The summed E-state index contributed by atoms with van der Waals surface area (Å²) in [6.07, 6.45) is 1.16. The van der Waals surface area contributed by atoms with E-state index in [1.165, 1.54) is 16.9 Å². The Bertz CT molecular complexity index is 1010. The minimum Gasteiger partial charge on any atom is -0.312 e. The zero-order valence-electron chi connectivity index (χ0n) is 16.5. The first-order valence-electron chi connectivity index (χ1n) is 9.77. The summed E-state index contributed by atoms with van der Waals surface area (Å²) in [7, 11) is 0. The average Bonchev–Trinajstić information content (AvgIpc) is 3.35. The number of aryl methyl sites for hydroxylation is 2. The zero-order chi connectivity index (χ0) is 20.4. The maximum absolute atomic E-state index is 13.5. The molecule has 6 heteroatoms. The van der Waals surface area contributed by atoms with Gasteiger partial charge in [-0.05, 0) is 43.2 Å². The van der Waals surface area contributed by atoms with Crippen molar-refractivity contribution in [2.75, 3.05) is 16.3 Å². The lowest BCUT2D eigenvalue weighted by atomic mass is 10.1. The number of hydrogen-bond donors (Lipinski definition) is 0. The highest BCUT2D eigenvalue weighted by Gasteiger charge is 2.38. The van der Waals surface area contributed by atoms with Crippen molar-refractivity contribution in [1.29, 1.82) is 0 Å². The van der Waals surface area contributed by atoms with Crippen molar-refractivity contribution in [3.05, 3.63) is 71.2 Å². The number of carbonyl (C=O) groups is 2. The van der Waals surface area contributed by atoms with Gasteiger partial charge >= 0.3 is 0 Å². The molecule has 0 bridgehead atoms. The summed E-state index contributed by atoms with van der Waals surface area (Å²) < 4.78 is 0. The molecule has 29 heavy (non-hydrogen) atoms. The Morgan fingerprint density at radius 2 is 1.90 bits per heavy atom. The summed E-state index contributed by atoms with van der Waals surface area (Å²) in [5.74, 6) is -0.514. The minimum absolute atomic E-state index is 0.0177. The van der Waals surface area contributed by atoms with Gasteiger partial charge in [0, 0.05) is 24.0 Å². The van der Waals surface area contributed by atoms with E-state index in [-0.39, 0.29) is 18.2 Å². The first-order valence-corrected chi connectivity index (χ1v) is 10.6. The van der Waals surface area contributed by atoms with Crippen molar-refractivity contribution >= 4 is 39.7 Å². The van der Waals surface area contributed by atoms with E-state index in [1.54, 1.807) is 9.80 Å². The first-order chi connectivity index (χ1) is 14.1. The molecule has 2 aromatic carbocycles. The normalized spacial score (nSPS) is 16.3. The van der Waals surface area contributed by atoms with Crippen molar-refractivity contribution in [2.45, 2.75) is 26.7 Å². The number of anilines is 3. The third-order valence-electron chi connectivity index (χ3n) is 5.16. The monoisotopic (exact) mass is 405 g/mol. The Labute approximate surface area is 174 Å². The molecule has 0 N–H and O–H groups in total. The zero-order valence-corrected chi connectivity index (χ0v) is 17.4. The standard InChI is InChI=1S/C23H23N3O2S/c1-3-17-9-11-19(12-10-17)25-14-18(13-21(25)27)22(28)26(20-7-5-4-6-8-20)23-24-16(2)15-29-23/h4-12,15,18H,3,13-14H2,1-2H3. The number of rotatable bonds is 5. The largest absolute Gasteiger partial charge is 0.312 e. The lowest BCUT2D eigenvalue weighted by Crippen LogP contribution is -2.34. The van der Waals surface area contributed by atoms with Gasteiger partial charge < -0.3 is 4.90 Å². The molecule has 1 atom stereocenters. The van der Waals surface area contributed by atoms with Crippen LogP contribution in [0.2, 0.25) is 0 Å². The van der Waals surface area contributed by atoms with Crippen LogP contribution in [0.15, 0.2) is 60.0 Å². The second kappa shape index (κ2) is 8.17. The maximum Gasteiger partial charge on any atom is 0.238 e. The number of carbonyl (C=O) groups excluding carboxylic acids is 2. The molecule has 1 saturated heterocycles. The molecular weight excluding hydrogens is 382 g/mol. The number of nitrogens with zero attached hydrogens (tertiary/aromatic N) is 3. The van der Waals surface area contributed by atoms with Crippen molar-refractivity contribution in [2.24, 2.45) is 5.92 Å². The molecule has 1 aliphatic heterocycles. The SMILES string of the molecule is CCc1ccc(N2CC(C(=O)N(c3ccccc3)c3nc(C)cs3)CC2=O)cc1. The Morgan fingerprint density at radius 1 is 1.17 bits per heavy atom. The van der Waals surface area contributed by atoms with Crippen LogP contribution in [-0.2, 0) is 16.0 Å². The summed E-state index contributed by atoms with van der Waals surface area (Å²) in [4.78, 5) is 34.1. The molecule has 1 fully saturated rings. The molecule has 1 unspecified atom stereocenters. The third-order valence-corrected chi connectivity index (χ3v) is 6.11. The second-order valence-corrected chi connectivity index (χ2v) is 8.04. The van der Waals surface area contributed by atoms with Gasteiger partial charge in [0.25, 0.3) is 0 Å². The van der Waals surface area contributed by atoms with E-state index in [2.05, 4.69) is 11.9 Å². The number of para-hydroxylation sites is 1. The predicted molar refractivity (Wildman–Crippen MR) is 117 cm³/mol. The Balaban J connectivity index is 1.60. The van der Waals surface area contributed by atoms with Crippen LogP contribution >= 0.6 is 11.3 Å². The van der Waals surface area contributed by atoms with Gasteiger partial charge in [-0.3, -0.25) is 14.5 Å². The molecule has 2 heterocycles. The van der Waals surface area contributed by atoms with E-state index >= 15 is 0 Å². The fraction of sp³-hybridized carbons (Fsp3) is 0.261. The Kier molecular flexibility index (Phi) is 5.45. The highest BCUT2D eigenvalue weighted by molar-refractivity contribution is 7.14. The molecule has 1 aromatic heterocycles. The van der Waals surface area contributed by atoms with E-state index in [1.807, 2.05) is 66.9 Å². The van der Waals surface area contributed by atoms with E-state index < -0.39 is 5.92 Å². The lowest BCUT2D eigenvalue weighted by Gasteiger charge is -2.23. The van der Waals surface area contributed by atoms with E-state index in [0.29, 0.717) is 11.7 Å². The van der Waals surface area contributed by atoms with Crippen LogP contribution in [0, 0.1) is 12.8 Å². The molecule has 4 rings (SSSR count). The predicted octanol–water partition coefficient (Wildman–Crippen LogP) is 4.73. The number of hydrogen-bond acceptors (Lipinski definition) is 4. The van der Waals surface area contributed by atoms with Crippen LogP contribution in [0.1, 0.15) is 24.6 Å². The number of benzene rings is 2. The van der Waals surface area contributed by atoms with Crippen molar-refractivity contribution < 1.29 is 9.59 Å². The average molecular weight is 406 g/mol. The Hall–Kier alpha value is -2.99. The molecule has 0 aliphatic carbocycles. The fourth-order valence-electron chi connectivity index (χ4n) is 3.57. The molecule has 5 nitrogen and oxygen atoms in total. The van der Waals surface area contributed by atoms with Crippen molar-refractivity contribution in [3.63, 3.8) is 0 Å². The van der Waals surface area contributed by atoms with Gasteiger partial charge in [-0.1, -0.05) is 37.3 Å². The molecule has 0 saturated carbocycles. The van der Waals surface area contributed by atoms with Crippen molar-refractivity contribution in [1.82, 2.24) is 4.98 Å². The quantitative estimate of drug-likeness (QED) is 0.617. The minimum atomic E-state index is -0.405. The topological polar surface area (TPSA) is 53.5 Å². The summed E-state index contributed by atoms with van der Waals surface area (Å²) in [5.41, 5.74) is 3.71. The maximum atomic E-state index is 13.5. The van der Waals surface area contributed by atoms with Gasteiger partial charge in [0.1, 0.15) is 0 Å². The number of amides is 2. The van der Waals surface area contributed by atoms with Gasteiger partial charge in [0.2, 0.25) is 11.8 Å². The fourth-order valence-corrected chi connectivity index (χ4v) is 4.40. The summed E-state index contributed by atoms with van der Waals surface area (Å²) >= 11 is 1.44. The molecule has 1 aliphatic rings. The van der Waals surface area contributed by atoms with Gasteiger partial charge in [0.15, 0.2) is 5.13 Å². The van der Waals surface area contributed by atoms with Crippen LogP contribution in [0.3, 0.4) is 0 Å². The van der Waals surface area contributed by atoms with Gasteiger partial charge in [-0.25, -0.2) is 4.98 Å². The molecule has 0 radical (unpaired) electrons. The van der Waals surface area contributed by atoms with Gasteiger partial charge in [-0.2, -0.15) is 0 Å². The first kappa shape index (κ1) is 19.3. The molecule has 3 aromatic rings. The Morgan fingerprint density at radius 3 is 2.52 bits per heavy atom. The van der Waals surface area contributed by atoms with Crippen LogP contribution in [-0.4, -0.2) is 23.3 Å². The van der Waals surface area contributed by atoms with Crippen LogP contribution < -0.4 is 9.80 Å². The summed E-state index contributed by atoms with van der Waals surface area (Å²) in [6.45, 7) is 4.40. The van der Waals surface area contributed by atoms with Gasteiger partial charge in [0.05, 0.1) is 17.3 Å². The summed E-state index contributed by atoms with van der Waals surface area (Å²) in [5, 5.41) is 2.57. The van der Waals surface area contributed by atoms with Crippen LogP contribution in [0.4, 0.5) is 16.5 Å².